The van der Waals surface area contributed by atoms with E-state index in [2.05, 4.69) is 34.6 Å². The summed E-state index contributed by atoms with van der Waals surface area (Å²) in [4.78, 5) is 28.7. The van der Waals surface area contributed by atoms with E-state index in [0.29, 0.717) is 50.7 Å². The van der Waals surface area contributed by atoms with Crippen LogP contribution < -0.4 is 4.74 Å². The van der Waals surface area contributed by atoms with Gasteiger partial charge in [-0.05, 0) is 35.6 Å². The molecule has 0 saturated carbocycles. The lowest BCUT2D eigenvalue weighted by molar-refractivity contribution is -0.134. The van der Waals surface area contributed by atoms with Crippen molar-refractivity contribution in [1.29, 1.82) is 0 Å². The molecule has 1 aliphatic heterocycles. The molecule has 1 heterocycles. The van der Waals surface area contributed by atoms with Gasteiger partial charge in [0.2, 0.25) is 5.91 Å². The standard InChI is InChI=1S/C21H32N2O3/c1-16(2)15-26-18-8-6-17(7-9-18)20(25)23-12-10-22(11-13-23)19(24)14-21(3,4)5/h6-9,16H,10-15H2,1-5H3. The first-order valence-electron chi connectivity index (χ1n) is 9.45. The summed E-state index contributed by atoms with van der Waals surface area (Å²) in [5, 5.41) is 0. The molecule has 2 rings (SSSR count). The largest absolute Gasteiger partial charge is 0.493 e. The summed E-state index contributed by atoms with van der Waals surface area (Å²) in [6.07, 6.45) is 0.540. The molecule has 1 aromatic carbocycles. The second-order valence-electron chi connectivity index (χ2n) is 8.64. The van der Waals surface area contributed by atoms with Gasteiger partial charge in [-0.2, -0.15) is 0 Å². The van der Waals surface area contributed by atoms with E-state index in [1.165, 1.54) is 0 Å². The first kappa shape index (κ1) is 20.3. The smallest absolute Gasteiger partial charge is 0.253 e. The van der Waals surface area contributed by atoms with Crippen molar-refractivity contribution in [2.75, 3.05) is 32.8 Å². The second kappa shape index (κ2) is 8.56. The Morgan fingerprint density at radius 1 is 1.00 bits per heavy atom. The number of hydrogen-bond donors (Lipinski definition) is 0. The minimum atomic E-state index is -0.0105. The minimum absolute atomic E-state index is 0.0105. The number of nitrogens with zero attached hydrogens (tertiary/aromatic N) is 2. The molecule has 0 aliphatic carbocycles. The molecule has 1 fully saturated rings. The van der Waals surface area contributed by atoms with Crippen molar-refractivity contribution in [3.05, 3.63) is 29.8 Å². The van der Waals surface area contributed by atoms with Crippen LogP contribution >= 0.6 is 0 Å². The summed E-state index contributed by atoms with van der Waals surface area (Å²) < 4.78 is 5.66. The van der Waals surface area contributed by atoms with Crippen molar-refractivity contribution < 1.29 is 14.3 Å². The summed E-state index contributed by atoms with van der Waals surface area (Å²) in [5.74, 6) is 1.45. The van der Waals surface area contributed by atoms with E-state index in [1.54, 1.807) is 0 Å². The number of hydrogen-bond acceptors (Lipinski definition) is 3. The van der Waals surface area contributed by atoms with E-state index in [-0.39, 0.29) is 17.2 Å². The van der Waals surface area contributed by atoms with Gasteiger partial charge < -0.3 is 14.5 Å². The lowest BCUT2D eigenvalue weighted by Gasteiger charge is -2.36. The fraction of sp³-hybridized carbons (Fsp3) is 0.619. The van der Waals surface area contributed by atoms with Gasteiger partial charge in [-0.1, -0.05) is 34.6 Å². The molecule has 144 valence electrons. The van der Waals surface area contributed by atoms with E-state index in [9.17, 15) is 9.59 Å². The number of carbonyl (C=O) groups excluding carboxylic acids is 2. The third-order valence-electron chi connectivity index (χ3n) is 4.29. The van der Waals surface area contributed by atoms with Crippen LogP contribution in [0.15, 0.2) is 24.3 Å². The lowest BCUT2D eigenvalue weighted by Crippen LogP contribution is -2.51. The molecule has 5 heteroatoms. The number of piperazine rings is 1. The van der Waals surface area contributed by atoms with Gasteiger partial charge in [-0.25, -0.2) is 0 Å². The zero-order valence-corrected chi connectivity index (χ0v) is 16.7. The first-order valence-corrected chi connectivity index (χ1v) is 9.45. The molecule has 1 saturated heterocycles. The highest BCUT2D eigenvalue weighted by atomic mass is 16.5. The molecule has 0 aromatic heterocycles. The average Bonchev–Trinajstić information content (AvgIpc) is 2.58. The zero-order valence-electron chi connectivity index (χ0n) is 16.7. The maximum atomic E-state index is 12.7. The van der Waals surface area contributed by atoms with Gasteiger partial charge >= 0.3 is 0 Å². The summed E-state index contributed by atoms with van der Waals surface area (Å²) in [6, 6.07) is 7.32. The molecular weight excluding hydrogens is 328 g/mol. The number of amides is 2. The third kappa shape index (κ3) is 6.04. The highest BCUT2D eigenvalue weighted by Gasteiger charge is 2.27. The normalized spacial score (nSPS) is 15.3. The van der Waals surface area contributed by atoms with Crippen molar-refractivity contribution >= 4 is 11.8 Å². The highest BCUT2D eigenvalue weighted by molar-refractivity contribution is 5.94. The van der Waals surface area contributed by atoms with Crippen LogP contribution in [0, 0.1) is 11.3 Å². The second-order valence-corrected chi connectivity index (χ2v) is 8.64. The van der Waals surface area contributed by atoms with Crippen molar-refractivity contribution in [2.45, 2.75) is 41.0 Å². The summed E-state index contributed by atoms with van der Waals surface area (Å²) >= 11 is 0. The Bertz CT molecular complexity index is 609. The number of ether oxygens (including phenoxy) is 1. The molecule has 26 heavy (non-hydrogen) atoms. The van der Waals surface area contributed by atoms with E-state index in [1.807, 2.05) is 34.1 Å². The fourth-order valence-electron chi connectivity index (χ4n) is 2.86. The highest BCUT2D eigenvalue weighted by Crippen LogP contribution is 2.21. The molecular formula is C21H32N2O3. The van der Waals surface area contributed by atoms with Crippen LogP contribution in [0.3, 0.4) is 0 Å². The molecule has 0 bridgehead atoms. The van der Waals surface area contributed by atoms with Crippen LogP contribution in [-0.2, 0) is 4.79 Å². The predicted molar refractivity (Wildman–Crippen MR) is 103 cm³/mol. The van der Waals surface area contributed by atoms with Crippen molar-refractivity contribution in [1.82, 2.24) is 9.80 Å². The quantitative estimate of drug-likeness (QED) is 0.808. The Morgan fingerprint density at radius 3 is 2.04 bits per heavy atom. The van der Waals surface area contributed by atoms with Crippen molar-refractivity contribution in [3.8, 4) is 5.75 Å². The predicted octanol–water partition coefficient (Wildman–Crippen LogP) is 3.44. The summed E-state index contributed by atoms with van der Waals surface area (Å²) in [5.41, 5.74) is 0.653. The lowest BCUT2D eigenvalue weighted by atomic mass is 9.91. The number of carbonyl (C=O) groups is 2. The molecule has 0 spiro atoms. The van der Waals surface area contributed by atoms with Gasteiger partial charge in [0.15, 0.2) is 0 Å². The van der Waals surface area contributed by atoms with Crippen LogP contribution in [0.4, 0.5) is 0 Å². The zero-order chi connectivity index (χ0) is 19.3. The minimum Gasteiger partial charge on any atom is -0.493 e. The third-order valence-corrected chi connectivity index (χ3v) is 4.29. The van der Waals surface area contributed by atoms with Crippen LogP contribution in [0.25, 0.3) is 0 Å². The Morgan fingerprint density at radius 2 is 1.54 bits per heavy atom. The van der Waals surface area contributed by atoms with Gasteiger partial charge in [-0.3, -0.25) is 9.59 Å². The first-order chi connectivity index (χ1) is 12.2. The van der Waals surface area contributed by atoms with Crippen LogP contribution in [0.2, 0.25) is 0 Å². The van der Waals surface area contributed by atoms with E-state index in [4.69, 9.17) is 4.74 Å². The van der Waals surface area contributed by atoms with Gasteiger partial charge in [0.25, 0.3) is 5.91 Å². The van der Waals surface area contributed by atoms with E-state index >= 15 is 0 Å². The molecule has 5 nitrogen and oxygen atoms in total. The molecule has 2 amide bonds. The molecule has 0 atom stereocenters. The Kier molecular flexibility index (Phi) is 6.68. The number of benzene rings is 1. The van der Waals surface area contributed by atoms with Gasteiger partial charge in [-0.15, -0.1) is 0 Å². The fourth-order valence-corrected chi connectivity index (χ4v) is 2.86. The Labute approximate surface area is 157 Å². The van der Waals surface area contributed by atoms with Gasteiger partial charge in [0.1, 0.15) is 5.75 Å². The van der Waals surface area contributed by atoms with E-state index < -0.39 is 0 Å². The molecule has 1 aliphatic rings. The van der Waals surface area contributed by atoms with Crippen LogP contribution in [0.5, 0.6) is 5.75 Å². The average molecular weight is 360 g/mol. The van der Waals surface area contributed by atoms with Gasteiger partial charge in [0, 0.05) is 38.2 Å². The summed E-state index contributed by atoms with van der Waals surface area (Å²) in [6.45, 7) is 13.5. The number of rotatable bonds is 5. The maximum absolute atomic E-state index is 12.7. The Hall–Kier alpha value is -2.04. The van der Waals surface area contributed by atoms with Crippen molar-refractivity contribution in [2.24, 2.45) is 11.3 Å². The summed E-state index contributed by atoms with van der Waals surface area (Å²) in [7, 11) is 0. The maximum Gasteiger partial charge on any atom is 0.253 e. The molecule has 0 unspecified atom stereocenters. The Balaban J connectivity index is 1.87. The molecule has 0 radical (unpaired) electrons. The molecule has 1 aromatic rings. The SMILES string of the molecule is CC(C)COc1ccc(C(=O)N2CCN(C(=O)CC(C)(C)C)CC2)cc1. The topological polar surface area (TPSA) is 49.9 Å². The molecule has 0 N–H and O–H groups in total. The van der Waals surface area contributed by atoms with E-state index in [0.717, 1.165) is 5.75 Å². The van der Waals surface area contributed by atoms with Gasteiger partial charge in [0.05, 0.1) is 6.61 Å². The van der Waals surface area contributed by atoms with Crippen molar-refractivity contribution in [3.63, 3.8) is 0 Å². The van der Waals surface area contributed by atoms with Crippen LogP contribution in [-0.4, -0.2) is 54.4 Å². The van der Waals surface area contributed by atoms with Crippen LogP contribution in [0.1, 0.15) is 51.4 Å². The monoisotopic (exact) mass is 360 g/mol.